The molecule has 0 spiro atoms. The highest BCUT2D eigenvalue weighted by molar-refractivity contribution is 6.23. The lowest BCUT2D eigenvalue weighted by Crippen LogP contribution is -2.45. The lowest BCUT2D eigenvalue weighted by molar-refractivity contribution is -0.137. The van der Waals surface area contributed by atoms with Crippen molar-refractivity contribution < 1.29 is 24.2 Å². The summed E-state index contributed by atoms with van der Waals surface area (Å²) < 4.78 is 5.43. The minimum atomic E-state index is -0.301. The molecular weight excluding hydrogens is 506 g/mol. The van der Waals surface area contributed by atoms with Gasteiger partial charge >= 0.3 is 0 Å². The van der Waals surface area contributed by atoms with Crippen molar-refractivity contribution in [2.45, 2.75) is 25.8 Å². The summed E-state index contributed by atoms with van der Waals surface area (Å²) in [7, 11) is 1.61. The standard InChI is InChI=1S/C32H35N3O5/c1-40-28-15-6-5-11-24(28)16-18-35-31(38)26-13-7-14-27(29(26)32(35)39)33-17-8-12-25(22-33)30(37)34(19-20-36)21-23-9-3-2-4-10-23/h2-7,9-11,13-15,25,36H,8,12,16-22H2,1H3. The molecular formula is C32H35N3O5. The summed E-state index contributed by atoms with van der Waals surface area (Å²) in [5.41, 5.74) is 3.46. The van der Waals surface area contributed by atoms with Gasteiger partial charge in [0, 0.05) is 32.7 Å². The van der Waals surface area contributed by atoms with E-state index in [1.807, 2.05) is 66.7 Å². The normalized spacial score (nSPS) is 16.7. The average molecular weight is 542 g/mol. The van der Waals surface area contributed by atoms with Crippen LogP contribution in [0.4, 0.5) is 5.69 Å². The van der Waals surface area contributed by atoms with Gasteiger partial charge in [0.15, 0.2) is 0 Å². The van der Waals surface area contributed by atoms with E-state index in [2.05, 4.69) is 4.90 Å². The number of anilines is 1. The Kier molecular flexibility index (Phi) is 8.45. The smallest absolute Gasteiger partial charge is 0.263 e. The molecule has 0 aliphatic carbocycles. The van der Waals surface area contributed by atoms with Crippen LogP contribution in [0.25, 0.3) is 0 Å². The van der Waals surface area contributed by atoms with Gasteiger partial charge in [-0.15, -0.1) is 0 Å². The first-order valence-electron chi connectivity index (χ1n) is 13.8. The molecule has 8 heteroatoms. The van der Waals surface area contributed by atoms with Crippen molar-refractivity contribution >= 4 is 23.4 Å². The molecule has 2 aliphatic heterocycles. The second-order valence-corrected chi connectivity index (χ2v) is 10.3. The SMILES string of the molecule is COc1ccccc1CCN1C(=O)c2cccc(N3CCCC(C(=O)N(CCO)Cc4ccccc4)C3)c2C1=O. The zero-order chi connectivity index (χ0) is 28.1. The van der Waals surface area contributed by atoms with Gasteiger partial charge in [0.1, 0.15) is 5.75 Å². The monoisotopic (exact) mass is 541 g/mol. The molecule has 3 aromatic carbocycles. The number of para-hydroxylation sites is 1. The molecule has 40 heavy (non-hydrogen) atoms. The van der Waals surface area contributed by atoms with Gasteiger partial charge in [0.2, 0.25) is 5.91 Å². The molecule has 1 unspecified atom stereocenters. The largest absolute Gasteiger partial charge is 0.496 e. The van der Waals surface area contributed by atoms with Gasteiger partial charge in [0.25, 0.3) is 11.8 Å². The quantitative estimate of drug-likeness (QED) is 0.393. The third-order valence-electron chi connectivity index (χ3n) is 7.78. The number of hydrogen-bond donors (Lipinski definition) is 1. The molecule has 1 saturated heterocycles. The zero-order valence-corrected chi connectivity index (χ0v) is 22.8. The number of ether oxygens (including phenoxy) is 1. The van der Waals surface area contributed by atoms with Crippen LogP contribution in [-0.4, -0.2) is 72.5 Å². The topological polar surface area (TPSA) is 90.4 Å². The van der Waals surface area contributed by atoms with Gasteiger partial charge in [0.05, 0.1) is 36.4 Å². The van der Waals surface area contributed by atoms with E-state index in [1.54, 1.807) is 18.1 Å². The fraction of sp³-hybridized carbons (Fsp3) is 0.344. The number of nitrogens with zero attached hydrogens (tertiary/aromatic N) is 3. The number of rotatable bonds is 10. The number of imide groups is 1. The molecule has 208 valence electrons. The number of aliphatic hydroxyl groups excluding tert-OH is 1. The van der Waals surface area contributed by atoms with Crippen LogP contribution in [0.2, 0.25) is 0 Å². The molecule has 0 aromatic heterocycles. The molecule has 0 saturated carbocycles. The first kappa shape index (κ1) is 27.4. The molecule has 2 heterocycles. The van der Waals surface area contributed by atoms with Gasteiger partial charge < -0.3 is 19.6 Å². The van der Waals surface area contributed by atoms with E-state index in [4.69, 9.17) is 4.74 Å². The number of carbonyl (C=O) groups is 3. The molecule has 1 N–H and O–H groups in total. The summed E-state index contributed by atoms with van der Waals surface area (Å²) in [5, 5.41) is 9.64. The fourth-order valence-corrected chi connectivity index (χ4v) is 5.77. The Bertz CT molecular complexity index is 1380. The Morgan fingerprint density at radius 3 is 2.55 bits per heavy atom. The molecule has 3 aromatic rings. The number of methoxy groups -OCH3 is 1. The highest BCUT2D eigenvalue weighted by Gasteiger charge is 2.39. The van der Waals surface area contributed by atoms with Crippen LogP contribution in [0.5, 0.6) is 5.75 Å². The number of benzene rings is 3. The Balaban J connectivity index is 1.32. The first-order chi connectivity index (χ1) is 19.5. The van der Waals surface area contributed by atoms with Crippen LogP contribution in [0.3, 0.4) is 0 Å². The molecule has 0 radical (unpaired) electrons. The molecule has 1 fully saturated rings. The molecule has 5 rings (SSSR count). The first-order valence-corrected chi connectivity index (χ1v) is 13.8. The number of hydrogen-bond acceptors (Lipinski definition) is 6. The van der Waals surface area contributed by atoms with Crippen LogP contribution in [-0.2, 0) is 17.8 Å². The summed E-state index contributed by atoms with van der Waals surface area (Å²) in [4.78, 5) is 45.6. The summed E-state index contributed by atoms with van der Waals surface area (Å²) in [5.74, 6) is -0.139. The van der Waals surface area contributed by atoms with Crippen molar-refractivity contribution in [2.75, 3.05) is 44.8 Å². The van der Waals surface area contributed by atoms with E-state index in [0.717, 1.165) is 29.7 Å². The van der Waals surface area contributed by atoms with E-state index in [-0.39, 0.29) is 43.3 Å². The van der Waals surface area contributed by atoms with Crippen molar-refractivity contribution in [3.8, 4) is 5.75 Å². The predicted molar refractivity (Wildman–Crippen MR) is 152 cm³/mol. The summed E-state index contributed by atoms with van der Waals surface area (Å²) in [6, 6.07) is 22.7. The van der Waals surface area contributed by atoms with Crippen molar-refractivity contribution in [2.24, 2.45) is 5.92 Å². The van der Waals surface area contributed by atoms with Crippen molar-refractivity contribution in [3.63, 3.8) is 0 Å². The van der Waals surface area contributed by atoms with Gasteiger partial charge in [-0.2, -0.15) is 0 Å². The fourth-order valence-electron chi connectivity index (χ4n) is 5.77. The van der Waals surface area contributed by atoms with E-state index < -0.39 is 0 Å². The van der Waals surface area contributed by atoms with Crippen molar-refractivity contribution in [1.29, 1.82) is 0 Å². The molecule has 8 nitrogen and oxygen atoms in total. The lowest BCUT2D eigenvalue weighted by atomic mass is 9.94. The predicted octanol–water partition coefficient (Wildman–Crippen LogP) is 3.77. The molecule has 3 amide bonds. The van der Waals surface area contributed by atoms with Gasteiger partial charge in [-0.3, -0.25) is 19.3 Å². The number of piperidine rings is 1. The molecule has 2 aliphatic rings. The van der Waals surface area contributed by atoms with Crippen molar-refractivity contribution in [1.82, 2.24) is 9.80 Å². The molecule has 0 bridgehead atoms. The highest BCUT2D eigenvalue weighted by atomic mass is 16.5. The third-order valence-corrected chi connectivity index (χ3v) is 7.78. The minimum Gasteiger partial charge on any atom is -0.496 e. The molecule has 1 atom stereocenters. The number of aliphatic hydroxyl groups is 1. The van der Waals surface area contributed by atoms with Crippen LogP contribution in [0.15, 0.2) is 72.8 Å². The summed E-state index contributed by atoms with van der Waals surface area (Å²) in [6.07, 6.45) is 2.02. The van der Waals surface area contributed by atoms with E-state index >= 15 is 0 Å². The Morgan fingerprint density at radius 1 is 1.00 bits per heavy atom. The van der Waals surface area contributed by atoms with Gasteiger partial charge in [-0.1, -0.05) is 54.6 Å². The number of carbonyl (C=O) groups excluding carboxylic acids is 3. The van der Waals surface area contributed by atoms with E-state index in [9.17, 15) is 19.5 Å². The number of amides is 3. The minimum absolute atomic E-state index is 0.00369. The van der Waals surface area contributed by atoms with Crippen molar-refractivity contribution in [3.05, 3.63) is 95.1 Å². The van der Waals surface area contributed by atoms with Gasteiger partial charge in [-0.05, 0) is 48.6 Å². The average Bonchev–Trinajstić information content (AvgIpc) is 3.25. The number of fused-ring (bicyclic) bond motifs is 1. The van der Waals surface area contributed by atoms with Crippen LogP contribution < -0.4 is 9.64 Å². The highest BCUT2D eigenvalue weighted by Crippen LogP contribution is 2.35. The van der Waals surface area contributed by atoms with E-state index in [0.29, 0.717) is 42.9 Å². The Hall–Kier alpha value is -4.17. The summed E-state index contributed by atoms with van der Waals surface area (Å²) in [6.45, 7) is 1.99. The maximum Gasteiger partial charge on any atom is 0.263 e. The van der Waals surface area contributed by atoms with E-state index in [1.165, 1.54) is 4.90 Å². The maximum atomic E-state index is 13.6. The summed E-state index contributed by atoms with van der Waals surface area (Å²) >= 11 is 0. The Morgan fingerprint density at radius 2 is 1.77 bits per heavy atom. The van der Waals surface area contributed by atoms with Gasteiger partial charge in [-0.25, -0.2) is 0 Å². The zero-order valence-electron chi connectivity index (χ0n) is 22.8. The van der Waals surface area contributed by atoms with Crippen LogP contribution >= 0.6 is 0 Å². The van der Waals surface area contributed by atoms with Crippen LogP contribution in [0.1, 0.15) is 44.7 Å². The second kappa shape index (κ2) is 12.3. The third kappa shape index (κ3) is 5.58. The second-order valence-electron chi connectivity index (χ2n) is 10.3. The Labute approximate surface area is 234 Å². The lowest BCUT2D eigenvalue weighted by Gasteiger charge is -2.36. The maximum absolute atomic E-state index is 13.6. The van der Waals surface area contributed by atoms with Crippen LogP contribution in [0, 0.1) is 5.92 Å².